The van der Waals surface area contributed by atoms with Crippen LogP contribution in [0, 0.1) is 22.7 Å². The number of rotatable bonds is 15. The van der Waals surface area contributed by atoms with Gasteiger partial charge in [0.15, 0.2) is 5.96 Å². The fraction of sp³-hybridized carbons (Fsp3) is 0.520. The summed E-state index contributed by atoms with van der Waals surface area (Å²) in [6.45, 7) is 4.00. The highest BCUT2D eigenvalue weighted by Gasteiger charge is 2.37. The summed E-state index contributed by atoms with van der Waals surface area (Å²) in [6, 6.07) is 4.71. The van der Waals surface area contributed by atoms with Crippen LogP contribution in [0.4, 0.5) is 0 Å². The normalized spacial score (nSPS) is 13.8. The van der Waals surface area contributed by atoms with Crippen molar-refractivity contribution < 1.29 is 19.2 Å². The lowest BCUT2D eigenvalue weighted by atomic mass is 9.92. The van der Waals surface area contributed by atoms with Crippen molar-refractivity contribution in [3.8, 4) is 0 Å². The molecule has 13 heteroatoms. The van der Waals surface area contributed by atoms with Gasteiger partial charge in [-0.05, 0) is 30.7 Å². The zero-order chi connectivity index (χ0) is 29.0. The van der Waals surface area contributed by atoms with Gasteiger partial charge in [0, 0.05) is 26.2 Å². The topological polar surface area (TPSA) is 233 Å². The summed E-state index contributed by atoms with van der Waals surface area (Å²) in [4.78, 5) is 52.9. The molecule has 0 saturated carbocycles. The lowest BCUT2D eigenvalue weighted by Crippen LogP contribution is -2.57. The van der Waals surface area contributed by atoms with Crippen molar-refractivity contribution in [3.05, 3.63) is 35.4 Å². The van der Waals surface area contributed by atoms with E-state index >= 15 is 0 Å². The maximum absolute atomic E-state index is 13.6. The van der Waals surface area contributed by atoms with E-state index < -0.39 is 41.6 Å². The molecular weight excluding hydrogens is 490 g/mol. The number of carbonyl (C=O) groups is 4. The van der Waals surface area contributed by atoms with Crippen LogP contribution in [0.15, 0.2) is 24.3 Å². The summed E-state index contributed by atoms with van der Waals surface area (Å²) in [5.74, 6) is -4.05. The molecule has 0 aliphatic heterocycles. The number of primary amides is 1. The number of carbonyl (C=O) groups excluding carboxylic acids is 4. The fourth-order valence-electron chi connectivity index (χ4n) is 4.02. The summed E-state index contributed by atoms with van der Waals surface area (Å²) in [5.41, 5.74) is 17.5. The second kappa shape index (κ2) is 15.2. The van der Waals surface area contributed by atoms with Crippen LogP contribution in [0.3, 0.4) is 0 Å². The van der Waals surface area contributed by atoms with Gasteiger partial charge >= 0.3 is 0 Å². The average molecular weight is 532 g/mol. The number of amidine groups is 1. The lowest BCUT2D eigenvalue weighted by Gasteiger charge is -2.34. The van der Waals surface area contributed by atoms with E-state index in [2.05, 4.69) is 16.0 Å². The van der Waals surface area contributed by atoms with Crippen LogP contribution in [0.25, 0.3) is 0 Å². The Bertz CT molecular complexity index is 1010. The van der Waals surface area contributed by atoms with Crippen LogP contribution < -0.4 is 33.2 Å². The average Bonchev–Trinajstić information content (AvgIpc) is 2.87. The molecule has 1 aromatic carbocycles. The number of guanidine groups is 1. The number of hydrogen-bond donors (Lipinski definition) is 8. The summed E-state index contributed by atoms with van der Waals surface area (Å²) < 4.78 is 0. The van der Waals surface area contributed by atoms with E-state index in [1.54, 1.807) is 31.2 Å². The molecular formula is C25H41N9O4. The molecule has 0 aromatic heterocycles. The molecule has 0 fully saturated rings. The highest BCUT2D eigenvalue weighted by molar-refractivity contribution is 6.02. The van der Waals surface area contributed by atoms with Gasteiger partial charge < -0.3 is 38.1 Å². The Morgan fingerprint density at radius 2 is 1.63 bits per heavy atom. The fourth-order valence-corrected chi connectivity index (χ4v) is 4.02. The molecule has 0 radical (unpaired) electrons. The lowest BCUT2D eigenvalue weighted by molar-refractivity contribution is -0.148. The second-order valence-electron chi connectivity index (χ2n) is 9.21. The predicted octanol–water partition coefficient (Wildman–Crippen LogP) is -1.02. The maximum atomic E-state index is 13.6. The Balaban J connectivity index is 3.13. The van der Waals surface area contributed by atoms with Gasteiger partial charge in [0.2, 0.25) is 23.6 Å². The molecule has 1 aromatic rings. The van der Waals surface area contributed by atoms with Gasteiger partial charge in [0.05, 0.1) is 0 Å². The first-order valence-corrected chi connectivity index (χ1v) is 12.4. The number of nitrogens with one attached hydrogen (secondary N) is 5. The Hall–Kier alpha value is -4.16. The third-order valence-electron chi connectivity index (χ3n) is 6.43. The Labute approximate surface area is 223 Å². The second-order valence-corrected chi connectivity index (χ2v) is 9.21. The van der Waals surface area contributed by atoms with E-state index in [0.29, 0.717) is 30.5 Å². The van der Waals surface area contributed by atoms with Crippen LogP contribution in [0.5, 0.6) is 0 Å². The summed E-state index contributed by atoms with van der Waals surface area (Å²) in [6.07, 6.45) is 1.25. The predicted molar refractivity (Wildman–Crippen MR) is 145 cm³/mol. The smallest absolute Gasteiger partial charge is 0.243 e. The minimum atomic E-state index is -1.11. The first kappa shape index (κ1) is 31.9. The van der Waals surface area contributed by atoms with Gasteiger partial charge in [0.1, 0.15) is 23.8 Å². The maximum Gasteiger partial charge on any atom is 0.243 e. The van der Waals surface area contributed by atoms with Gasteiger partial charge in [-0.15, -0.1) is 0 Å². The molecule has 0 spiro atoms. The van der Waals surface area contributed by atoms with Crippen molar-refractivity contribution in [2.45, 2.75) is 51.6 Å². The molecule has 0 heterocycles. The van der Waals surface area contributed by atoms with Crippen molar-refractivity contribution in [2.24, 2.45) is 29.0 Å². The zero-order valence-electron chi connectivity index (χ0n) is 22.5. The molecule has 11 N–H and O–H groups in total. The summed E-state index contributed by atoms with van der Waals surface area (Å²) in [7, 11) is 2.89. The highest BCUT2D eigenvalue weighted by Crippen LogP contribution is 2.20. The number of benzene rings is 1. The number of hydrogen-bond acceptors (Lipinski definition) is 6. The molecule has 0 bridgehead atoms. The van der Waals surface area contributed by atoms with Crippen molar-refractivity contribution in [1.29, 1.82) is 10.8 Å². The van der Waals surface area contributed by atoms with Crippen molar-refractivity contribution in [2.75, 3.05) is 20.6 Å². The van der Waals surface area contributed by atoms with Gasteiger partial charge in [-0.3, -0.25) is 30.0 Å². The molecule has 0 aliphatic carbocycles. The molecule has 0 aliphatic rings. The standard InChI is InChI=1S/C25H41N9O4/c1-5-14(2)19(23(37)33-18(21(28)35)7-6-12-32-25(29)30)34(4)24(38)17(22(36)31-3)13-15-8-10-16(11-9-15)20(26)27/h8-11,14,17-19H,5-7,12-13H2,1-4H3,(H3,26,27)(H2,28,35)(H,31,36)(H,33,37)(H4,29,30,32)/t14?,17?,18-,19?/m0/s1. The van der Waals surface area contributed by atoms with Gasteiger partial charge in [-0.1, -0.05) is 44.5 Å². The van der Waals surface area contributed by atoms with E-state index in [4.69, 9.17) is 28.0 Å². The van der Waals surface area contributed by atoms with Crippen LogP contribution in [-0.4, -0.2) is 73.0 Å². The third-order valence-corrected chi connectivity index (χ3v) is 6.43. The number of nitrogens with two attached hydrogens (primary N) is 3. The first-order valence-electron chi connectivity index (χ1n) is 12.4. The van der Waals surface area contributed by atoms with Crippen molar-refractivity contribution in [3.63, 3.8) is 0 Å². The molecule has 3 unspecified atom stereocenters. The Morgan fingerprint density at radius 1 is 1.03 bits per heavy atom. The van der Waals surface area contributed by atoms with E-state index in [1.165, 1.54) is 19.0 Å². The van der Waals surface area contributed by atoms with Crippen LogP contribution in [0.1, 0.15) is 44.2 Å². The molecule has 210 valence electrons. The molecule has 38 heavy (non-hydrogen) atoms. The molecule has 4 amide bonds. The first-order chi connectivity index (χ1) is 17.8. The zero-order valence-corrected chi connectivity index (χ0v) is 22.5. The minimum Gasteiger partial charge on any atom is -0.384 e. The number of likely N-dealkylation sites (N-methyl/N-ethyl adjacent to an activating group) is 1. The number of nitrogen functional groups attached to an aromatic ring is 1. The van der Waals surface area contributed by atoms with Crippen LogP contribution >= 0.6 is 0 Å². The largest absolute Gasteiger partial charge is 0.384 e. The SMILES string of the molecule is CCC(C)C(C(=O)N[C@@H](CCCNC(=N)N)C(N)=O)N(C)C(=O)C(Cc1ccc(C(=N)N)cc1)C(=O)NC. The summed E-state index contributed by atoms with van der Waals surface area (Å²) in [5, 5.41) is 22.5. The highest BCUT2D eigenvalue weighted by atomic mass is 16.2. The number of amides is 4. The number of nitrogens with zero attached hydrogens (tertiary/aromatic N) is 1. The third kappa shape index (κ3) is 9.37. The van der Waals surface area contributed by atoms with E-state index in [9.17, 15) is 19.2 Å². The molecule has 0 saturated heterocycles. The van der Waals surface area contributed by atoms with Crippen molar-refractivity contribution in [1.82, 2.24) is 20.9 Å². The van der Waals surface area contributed by atoms with Gasteiger partial charge in [0.25, 0.3) is 0 Å². The van der Waals surface area contributed by atoms with Gasteiger partial charge in [-0.25, -0.2) is 0 Å². The minimum absolute atomic E-state index is 0.0724. The van der Waals surface area contributed by atoms with Crippen LogP contribution in [0.2, 0.25) is 0 Å². The van der Waals surface area contributed by atoms with E-state index in [1.807, 2.05) is 6.92 Å². The quantitative estimate of drug-likeness (QED) is 0.0606. The van der Waals surface area contributed by atoms with Gasteiger partial charge in [-0.2, -0.15) is 0 Å². The monoisotopic (exact) mass is 531 g/mol. The van der Waals surface area contributed by atoms with E-state index in [0.717, 1.165) is 0 Å². The molecule has 1 rings (SSSR count). The summed E-state index contributed by atoms with van der Waals surface area (Å²) >= 11 is 0. The Morgan fingerprint density at radius 3 is 2.11 bits per heavy atom. The van der Waals surface area contributed by atoms with E-state index in [-0.39, 0.29) is 30.6 Å². The Kier molecular flexibility index (Phi) is 12.7. The molecule has 4 atom stereocenters. The van der Waals surface area contributed by atoms with Crippen LogP contribution in [-0.2, 0) is 25.6 Å². The molecule has 13 nitrogen and oxygen atoms in total. The van der Waals surface area contributed by atoms with Crippen molar-refractivity contribution >= 4 is 35.4 Å².